The minimum absolute atomic E-state index is 0. The lowest BCUT2D eigenvalue weighted by Gasteiger charge is -2.11. The molecule has 2 rings (SSSR count). The largest absolute Gasteiger partial charge is 0.382 e. The maximum absolute atomic E-state index is 5.43. The highest BCUT2D eigenvalue weighted by Crippen LogP contribution is 2.19. The second-order valence-corrected chi connectivity index (χ2v) is 5.91. The Morgan fingerprint density at radius 1 is 1.19 bits per heavy atom. The number of halogens is 1. The van der Waals surface area contributed by atoms with Gasteiger partial charge in [0.2, 0.25) is 0 Å². The quantitative estimate of drug-likeness (QED) is 0.215. The van der Waals surface area contributed by atoms with Crippen molar-refractivity contribution in [3.05, 3.63) is 35.5 Å². The molecule has 0 amide bonds. The van der Waals surface area contributed by atoms with Crippen molar-refractivity contribution in [1.82, 2.24) is 15.6 Å². The average molecular weight is 474 g/mol. The molecule has 146 valence electrons. The molecule has 0 bridgehead atoms. The summed E-state index contributed by atoms with van der Waals surface area (Å²) in [5, 5.41) is 7.93. The maximum atomic E-state index is 5.43. The Hall–Kier alpha value is -1.32. The Morgan fingerprint density at radius 3 is 2.81 bits per heavy atom. The van der Waals surface area contributed by atoms with Crippen LogP contribution in [0.25, 0.3) is 10.9 Å². The Bertz CT molecular complexity index is 673. The molecule has 0 atom stereocenters. The van der Waals surface area contributed by atoms with Gasteiger partial charge >= 0.3 is 0 Å². The van der Waals surface area contributed by atoms with Crippen LogP contribution in [0.2, 0.25) is 0 Å². The molecule has 1 aromatic heterocycles. The standard InChI is InChI=1S/C19H30N4O2.HI/c1-4-20-19(22-9-10-25-12-11-24-3)21-8-7-16-14-23-18-13-15(2)5-6-17(16)18;/h5-6,13-14,23H,4,7-12H2,1-3H3,(H2,20,21,22);1H. The third-order valence-corrected chi connectivity index (χ3v) is 3.89. The number of fused-ring (bicyclic) bond motifs is 1. The van der Waals surface area contributed by atoms with Crippen molar-refractivity contribution in [1.29, 1.82) is 0 Å². The zero-order chi connectivity index (χ0) is 17.9. The molecule has 0 aliphatic rings. The van der Waals surface area contributed by atoms with Crippen molar-refractivity contribution in [2.24, 2.45) is 4.99 Å². The first kappa shape index (κ1) is 22.7. The van der Waals surface area contributed by atoms with Gasteiger partial charge in [-0.3, -0.25) is 4.99 Å². The zero-order valence-electron chi connectivity index (χ0n) is 15.9. The first-order valence-electron chi connectivity index (χ1n) is 8.90. The topological polar surface area (TPSA) is 70.7 Å². The predicted molar refractivity (Wildman–Crippen MR) is 119 cm³/mol. The van der Waals surface area contributed by atoms with Crippen molar-refractivity contribution >= 4 is 40.8 Å². The molecule has 7 heteroatoms. The summed E-state index contributed by atoms with van der Waals surface area (Å²) in [6.45, 7) is 8.29. The molecule has 6 nitrogen and oxygen atoms in total. The number of methoxy groups -OCH3 is 1. The van der Waals surface area contributed by atoms with Gasteiger partial charge in [-0.15, -0.1) is 24.0 Å². The van der Waals surface area contributed by atoms with Crippen LogP contribution in [0.15, 0.2) is 29.4 Å². The summed E-state index contributed by atoms with van der Waals surface area (Å²) in [4.78, 5) is 7.88. The lowest BCUT2D eigenvalue weighted by atomic mass is 10.1. The number of hydrogen-bond donors (Lipinski definition) is 3. The predicted octanol–water partition coefficient (Wildman–Crippen LogP) is 2.85. The number of rotatable bonds is 10. The van der Waals surface area contributed by atoms with E-state index in [1.807, 2.05) is 0 Å². The molecular formula is C19H31IN4O2. The van der Waals surface area contributed by atoms with Crippen LogP contribution >= 0.6 is 24.0 Å². The summed E-state index contributed by atoms with van der Waals surface area (Å²) in [6.07, 6.45) is 3.04. The van der Waals surface area contributed by atoms with Gasteiger partial charge in [-0.05, 0) is 37.5 Å². The van der Waals surface area contributed by atoms with Crippen molar-refractivity contribution in [2.75, 3.05) is 46.6 Å². The summed E-state index contributed by atoms with van der Waals surface area (Å²) in [6, 6.07) is 6.52. The van der Waals surface area contributed by atoms with Crippen molar-refractivity contribution < 1.29 is 9.47 Å². The van der Waals surface area contributed by atoms with Gasteiger partial charge in [-0.2, -0.15) is 0 Å². The molecule has 0 saturated heterocycles. The van der Waals surface area contributed by atoms with Crippen LogP contribution in [-0.4, -0.2) is 57.5 Å². The molecule has 0 radical (unpaired) electrons. The zero-order valence-corrected chi connectivity index (χ0v) is 18.3. The van der Waals surface area contributed by atoms with Crippen molar-refractivity contribution in [2.45, 2.75) is 20.3 Å². The number of hydrogen-bond acceptors (Lipinski definition) is 3. The summed E-state index contributed by atoms with van der Waals surface area (Å²) in [5.41, 5.74) is 3.79. The van der Waals surface area contributed by atoms with Gasteiger partial charge in [0.05, 0.1) is 26.4 Å². The number of benzene rings is 1. The summed E-state index contributed by atoms with van der Waals surface area (Å²) < 4.78 is 10.4. The third-order valence-electron chi connectivity index (χ3n) is 3.89. The van der Waals surface area contributed by atoms with E-state index in [0.29, 0.717) is 26.4 Å². The van der Waals surface area contributed by atoms with Crippen LogP contribution in [0.5, 0.6) is 0 Å². The molecule has 1 aromatic carbocycles. The fourth-order valence-corrected chi connectivity index (χ4v) is 2.63. The molecule has 0 saturated carbocycles. The molecule has 26 heavy (non-hydrogen) atoms. The first-order chi connectivity index (χ1) is 12.2. The molecule has 0 aliphatic carbocycles. The number of aryl methyl sites for hydroxylation is 1. The lowest BCUT2D eigenvalue weighted by Crippen LogP contribution is -2.38. The number of H-pyrrole nitrogens is 1. The monoisotopic (exact) mass is 474 g/mol. The van der Waals surface area contributed by atoms with Crippen LogP contribution in [0.3, 0.4) is 0 Å². The number of nitrogens with zero attached hydrogens (tertiary/aromatic N) is 1. The van der Waals surface area contributed by atoms with E-state index in [4.69, 9.17) is 9.47 Å². The smallest absolute Gasteiger partial charge is 0.191 e. The van der Waals surface area contributed by atoms with Gasteiger partial charge in [-0.1, -0.05) is 12.1 Å². The van der Waals surface area contributed by atoms with Crippen LogP contribution < -0.4 is 10.6 Å². The van der Waals surface area contributed by atoms with E-state index in [1.165, 1.54) is 22.0 Å². The Balaban J connectivity index is 0.00000338. The molecule has 2 aromatic rings. The molecule has 1 heterocycles. The highest BCUT2D eigenvalue weighted by atomic mass is 127. The van der Waals surface area contributed by atoms with Gasteiger partial charge < -0.3 is 25.1 Å². The second-order valence-electron chi connectivity index (χ2n) is 5.91. The normalized spacial score (nSPS) is 11.4. The van der Waals surface area contributed by atoms with Gasteiger partial charge in [0, 0.05) is 37.3 Å². The number of aliphatic imine (C=N–C) groups is 1. The van der Waals surface area contributed by atoms with Crippen LogP contribution in [0, 0.1) is 6.92 Å². The number of aromatic nitrogens is 1. The summed E-state index contributed by atoms with van der Waals surface area (Å²) in [5.74, 6) is 0.827. The van der Waals surface area contributed by atoms with Gasteiger partial charge in [-0.25, -0.2) is 0 Å². The second kappa shape index (κ2) is 12.9. The van der Waals surface area contributed by atoms with E-state index >= 15 is 0 Å². The number of guanidine groups is 1. The Kier molecular flexibility index (Phi) is 11.3. The fraction of sp³-hybridized carbons (Fsp3) is 0.526. The number of aromatic amines is 1. The van der Waals surface area contributed by atoms with Gasteiger partial charge in [0.1, 0.15) is 0 Å². The maximum Gasteiger partial charge on any atom is 0.191 e. The summed E-state index contributed by atoms with van der Waals surface area (Å²) in [7, 11) is 1.67. The summed E-state index contributed by atoms with van der Waals surface area (Å²) >= 11 is 0. The minimum Gasteiger partial charge on any atom is -0.382 e. The highest BCUT2D eigenvalue weighted by molar-refractivity contribution is 14.0. The van der Waals surface area contributed by atoms with Gasteiger partial charge in [0.25, 0.3) is 0 Å². The van der Waals surface area contributed by atoms with E-state index in [1.54, 1.807) is 7.11 Å². The van der Waals surface area contributed by atoms with Crippen LogP contribution in [0.1, 0.15) is 18.1 Å². The molecule has 0 unspecified atom stereocenters. The van der Waals surface area contributed by atoms with Crippen LogP contribution in [-0.2, 0) is 15.9 Å². The molecular weight excluding hydrogens is 443 g/mol. The van der Waals surface area contributed by atoms with E-state index in [0.717, 1.165) is 25.5 Å². The molecule has 0 aliphatic heterocycles. The Labute approximate surface area is 173 Å². The third kappa shape index (κ3) is 7.51. The van der Waals surface area contributed by atoms with Gasteiger partial charge in [0.15, 0.2) is 5.96 Å². The van der Waals surface area contributed by atoms with E-state index in [9.17, 15) is 0 Å². The first-order valence-corrected chi connectivity index (χ1v) is 8.90. The van der Waals surface area contributed by atoms with Crippen LogP contribution in [0.4, 0.5) is 0 Å². The minimum atomic E-state index is 0. The highest BCUT2D eigenvalue weighted by Gasteiger charge is 2.04. The lowest BCUT2D eigenvalue weighted by molar-refractivity contribution is 0.0748. The Morgan fingerprint density at radius 2 is 2.04 bits per heavy atom. The molecule has 0 fully saturated rings. The van der Waals surface area contributed by atoms with E-state index in [2.05, 4.69) is 58.9 Å². The average Bonchev–Trinajstić information content (AvgIpc) is 3.00. The van der Waals surface area contributed by atoms with E-state index in [-0.39, 0.29) is 24.0 Å². The van der Waals surface area contributed by atoms with Crippen molar-refractivity contribution in [3.63, 3.8) is 0 Å². The van der Waals surface area contributed by atoms with Crippen molar-refractivity contribution in [3.8, 4) is 0 Å². The number of ether oxygens (including phenoxy) is 2. The van der Waals surface area contributed by atoms with E-state index < -0.39 is 0 Å². The number of nitrogens with one attached hydrogen (secondary N) is 3. The molecule has 3 N–H and O–H groups in total. The molecule has 0 spiro atoms. The SMILES string of the molecule is CCNC(=NCCOCCOC)NCCc1c[nH]c2cc(C)ccc12.I. The fourth-order valence-electron chi connectivity index (χ4n) is 2.63.